The molecule has 0 bridgehead atoms. The molecule has 192 valence electrons. The number of rotatable bonds is 10. The van der Waals surface area contributed by atoms with Gasteiger partial charge in [0, 0.05) is 25.3 Å². The number of carbonyl (C=O) groups is 1. The van der Waals surface area contributed by atoms with Crippen molar-refractivity contribution in [1.29, 1.82) is 0 Å². The lowest BCUT2D eigenvalue weighted by Crippen LogP contribution is -2.48. The van der Waals surface area contributed by atoms with Crippen LogP contribution in [0.15, 0.2) is 42.5 Å². The first-order chi connectivity index (χ1) is 17.3. The Morgan fingerprint density at radius 1 is 1.22 bits per heavy atom. The summed E-state index contributed by atoms with van der Waals surface area (Å²) in [6, 6.07) is 13.3. The van der Waals surface area contributed by atoms with Crippen LogP contribution in [0.4, 0.5) is 4.39 Å². The molecule has 5 rings (SSSR count). The maximum absolute atomic E-state index is 14.0. The third kappa shape index (κ3) is 5.34. The monoisotopic (exact) mass is 491 g/mol. The average molecular weight is 492 g/mol. The standard InChI is InChI=1S/C30H38FN3O2/c1-20(2)28-24-13-12-23(31)19-22(24)14-15-30(28,36-29(35)21-10-11-21)16-18-34(3)17-6-9-27-32-25-7-4-5-8-26(25)33-27/h4-5,7-8,12-13,19-21,28H,6,9-11,14-18H2,1-3H3,(H,32,33)/t28?,30-/m0/s1. The van der Waals surface area contributed by atoms with E-state index in [1.54, 1.807) is 12.1 Å². The van der Waals surface area contributed by atoms with Crippen molar-refractivity contribution >= 4 is 17.0 Å². The van der Waals surface area contributed by atoms with Crippen LogP contribution in [0.5, 0.6) is 0 Å². The highest BCUT2D eigenvalue weighted by Crippen LogP contribution is 2.49. The van der Waals surface area contributed by atoms with E-state index in [-0.39, 0.29) is 29.5 Å². The number of nitrogens with zero attached hydrogens (tertiary/aromatic N) is 2. The minimum atomic E-state index is -0.550. The molecule has 1 saturated carbocycles. The van der Waals surface area contributed by atoms with E-state index in [0.717, 1.165) is 86.0 Å². The third-order valence-corrected chi connectivity index (χ3v) is 8.01. The minimum absolute atomic E-state index is 0.0428. The number of halogens is 1. The maximum atomic E-state index is 14.0. The van der Waals surface area contributed by atoms with E-state index in [1.165, 1.54) is 0 Å². The normalized spacial score (nSPS) is 21.8. The first kappa shape index (κ1) is 24.9. The van der Waals surface area contributed by atoms with Crippen LogP contribution in [-0.4, -0.2) is 46.6 Å². The smallest absolute Gasteiger partial charge is 0.309 e. The van der Waals surface area contributed by atoms with Gasteiger partial charge < -0.3 is 14.6 Å². The lowest BCUT2D eigenvalue weighted by atomic mass is 9.65. The third-order valence-electron chi connectivity index (χ3n) is 8.01. The first-order valence-electron chi connectivity index (χ1n) is 13.5. The Kier molecular flexibility index (Phi) is 7.16. The van der Waals surface area contributed by atoms with Crippen LogP contribution in [0.1, 0.15) is 68.8 Å². The number of aromatic nitrogens is 2. The zero-order valence-electron chi connectivity index (χ0n) is 21.7. The fourth-order valence-electron chi connectivity index (χ4n) is 6.03. The van der Waals surface area contributed by atoms with Gasteiger partial charge in [-0.15, -0.1) is 0 Å². The first-order valence-corrected chi connectivity index (χ1v) is 13.5. The number of hydrogen-bond acceptors (Lipinski definition) is 4. The summed E-state index contributed by atoms with van der Waals surface area (Å²) in [6.07, 6.45) is 6.04. The van der Waals surface area contributed by atoms with Crippen LogP contribution >= 0.6 is 0 Å². The summed E-state index contributed by atoms with van der Waals surface area (Å²) in [6.45, 7) is 6.18. The summed E-state index contributed by atoms with van der Waals surface area (Å²) in [5.74, 6) is 1.19. The van der Waals surface area contributed by atoms with Gasteiger partial charge in [-0.05, 0) is 87.0 Å². The molecule has 0 amide bonds. The van der Waals surface area contributed by atoms with Crippen molar-refractivity contribution < 1.29 is 13.9 Å². The van der Waals surface area contributed by atoms with Crippen molar-refractivity contribution in [3.8, 4) is 0 Å². The van der Waals surface area contributed by atoms with Crippen LogP contribution in [0, 0.1) is 17.7 Å². The molecule has 36 heavy (non-hydrogen) atoms. The molecule has 1 aromatic heterocycles. The Labute approximate surface area is 213 Å². The number of H-pyrrole nitrogens is 1. The van der Waals surface area contributed by atoms with Gasteiger partial charge >= 0.3 is 5.97 Å². The lowest BCUT2D eigenvalue weighted by molar-refractivity contribution is -0.169. The van der Waals surface area contributed by atoms with Crippen molar-refractivity contribution in [3.63, 3.8) is 0 Å². The van der Waals surface area contributed by atoms with Crippen molar-refractivity contribution in [3.05, 3.63) is 65.2 Å². The average Bonchev–Trinajstić information content (AvgIpc) is 3.62. The number of hydrogen-bond donors (Lipinski definition) is 1. The molecule has 2 atom stereocenters. The van der Waals surface area contributed by atoms with Crippen LogP contribution < -0.4 is 0 Å². The molecule has 6 heteroatoms. The zero-order valence-corrected chi connectivity index (χ0v) is 21.7. The van der Waals surface area contributed by atoms with Gasteiger partial charge in [-0.1, -0.05) is 32.0 Å². The zero-order chi connectivity index (χ0) is 25.3. The largest absolute Gasteiger partial charge is 0.458 e. The summed E-state index contributed by atoms with van der Waals surface area (Å²) >= 11 is 0. The Bertz CT molecular complexity index is 1180. The van der Waals surface area contributed by atoms with Crippen molar-refractivity contribution in [2.75, 3.05) is 20.1 Å². The molecule has 0 aliphatic heterocycles. The summed E-state index contributed by atoms with van der Waals surface area (Å²) < 4.78 is 20.4. The van der Waals surface area contributed by atoms with Crippen LogP contribution in [-0.2, 0) is 22.4 Å². The quantitative estimate of drug-likeness (QED) is 0.352. The van der Waals surface area contributed by atoms with E-state index in [9.17, 15) is 9.18 Å². The van der Waals surface area contributed by atoms with E-state index in [1.807, 2.05) is 24.3 Å². The molecule has 1 heterocycles. The van der Waals surface area contributed by atoms with Crippen molar-refractivity contribution in [2.24, 2.45) is 11.8 Å². The minimum Gasteiger partial charge on any atom is -0.458 e. The second-order valence-corrected chi connectivity index (χ2v) is 11.2. The van der Waals surface area contributed by atoms with Crippen LogP contribution in [0.2, 0.25) is 0 Å². The number of carbonyl (C=O) groups excluding carboxylic acids is 1. The molecule has 5 nitrogen and oxygen atoms in total. The summed E-state index contributed by atoms with van der Waals surface area (Å²) in [5, 5.41) is 0. The number of esters is 1. The highest BCUT2D eigenvalue weighted by molar-refractivity contribution is 5.76. The number of benzene rings is 2. The predicted molar refractivity (Wildman–Crippen MR) is 140 cm³/mol. The van der Waals surface area contributed by atoms with E-state index in [2.05, 4.69) is 36.8 Å². The molecule has 0 spiro atoms. The maximum Gasteiger partial charge on any atom is 0.309 e. The van der Waals surface area contributed by atoms with Gasteiger partial charge in [0.1, 0.15) is 17.2 Å². The number of aromatic amines is 1. The van der Waals surface area contributed by atoms with E-state index in [4.69, 9.17) is 9.72 Å². The molecule has 1 fully saturated rings. The fourth-order valence-corrected chi connectivity index (χ4v) is 6.03. The SMILES string of the molecule is CC(C)C1c2ccc(F)cc2CC[C@@]1(CCN(C)CCCc1nc2ccccc2[nH]1)OC(=O)C1CC1. The highest BCUT2D eigenvalue weighted by atomic mass is 19.1. The van der Waals surface area contributed by atoms with Gasteiger partial charge in [0.15, 0.2) is 0 Å². The highest BCUT2D eigenvalue weighted by Gasteiger charge is 2.49. The number of ether oxygens (including phenoxy) is 1. The fraction of sp³-hybridized carbons (Fsp3) is 0.533. The number of fused-ring (bicyclic) bond motifs is 2. The predicted octanol–water partition coefficient (Wildman–Crippen LogP) is 6.03. The van der Waals surface area contributed by atoms with Gasteiger partial charge in [0.2, 0.25) is 0 Å². The topological polar surface area (TPSA) is 58.2 Å². The second-order valence-electron chi connectivity index (χ2n) is 11.2. The number of aryl methyl sites for hydroxylation is 2. The number of para-hydroxylation sites is 2. The summed E-state index contributed by atoms with van der Waals surface area (Å²) in [4.78, 5) is 23.4. The summed E-state index contributed by atoms with van der Waals surface area (Å²) in [7, 11) is 2.14. The Morgan fingerprint density at radius 3 is 2.78 bits per heavy atom. The number of imidazole rings is 1. The molecule has 0 saturated heterocycles. The van der Waals surface area contributed by atoms with Gasteiger partial charge in [0.25, 0.3) is 0 Å². The summed E-state index contributed by atoms with van der Waals surface area (Å²) in [5.41, 5.74) is 3.75. The van der Waals surface area contributed by atoms with Gasteiger partial charge in [-0.3, -0.25) is 4.79 Å². The Morgan fingerprint density at radius 2 is 2.03 bits per heavy atom. The number of nitrogens with one attached hydrogen (secondary N) is 1. The second kappa shape index (κ2) is 10.3. The Balaban J connectivity index is 1.27. The molecule has 1 unspecified atom stereocenters. The Hall–Kier alpha value is -2.73. The molecule has 3 aromatic rings. The van der Waals surface area contributed by atoms with Gasteiger partial charge in [-0.25, -0.2) is 9.37 Å². The molecular weight excluding hydrogens is 453 g/mol. The molecule has 2 aromatic carbocycles. The van der Waals surface area contributed by atoms with Crippen molar-refractivity contribution in [2.45, 2.75) is 70.3 Å². The molecule has 2 aliphatic carbocycles. The molecule has 2 aliphatic rings. The van der Waals surface area contributed by atoms with Crippen LogP contribution in [0.25, 0.3) is 11.0 Å². The lowest BCUT2D eigenvalue weighted by Gasteiger charge is -2.47. The van der Waals surface area contributed by atoms with Crippen molar-refractivity contribution in [1.82, 2.24) is 14.9 Å². The molecule has 1 N–H and O–H groups in total. The molecule has 0 radical (unpaired) electrons. The van der Waals surface area contributed by atoms with Gasteiger partial charge in [-0.2, -0.15) is 0 Å². The van der Waals surface area contributed by atoms with Gasteiger partial charge in [0.05, 0.1) is 17.0 Å². The molecular formula is C30H38FN3O2. The van der Waals surface area contributed by atoms with Crippen LogP contribution in [0.3, 0.4) is 0 Å². The van der Waals surface area contributed by atoms with E-state index >= 15 is 0 Å². The van der Waals surface area contributed by atoms with E-state index < -0.39 is 5.60 Å². The van der Waals surface area contributed by atoms with E-state index in [0.29, 0.717) is 0 Å².